The molecular weight excluding hydrogens is 156 g/mol. The summed E-state index contributed by atoms with van der Waals surface area (Å²) < 4.78 is 5.08. The third kappa shape index (κ3) is 2.38. The maximum Gasteiger partial charge on any atom is 0.341 e. The van der Waals surface area contributed by atoms with Crippen molar-refractivity contribution in [3.63, 3.8) is 0 Å². The summed E-state index contributed by atoms with van der Waals surface area (Å²) in [6.45, 7) is 5.47. The SMILES string of the molecule is CC(C)(C)OC(=O)c1cn[nH]c1. The van der Waals surface area contributed by atoms with E-state index in [1.165, 1.54) is 12.4 Å². The summed E-state index contributed by atoms with van der Waals surface area (Å²) in [5, 5.41) is 6.19. The average Bonchev–Trinajstić information content (AvgIpc) is 2.32. The van der Waals surface area contributed by atoms with Gasteiger partial charge in [0.05, 0.1) is 11.8 Å². The molecule has 0 saturated heterocycles. The number of nitrogens with one attached hydrogen (secondary N) is 1. The van der Waals surface area contributed by atoms with Gasteiger partial charge in [-0.1, -0.05) is 0 Å². The molecule has 0 amide bonds. The Morgan fingerprint density at radius 1 is 1.58 bits per heavy atom. The third-order valence-electron chi connectivity index (χ3n) is 1.13. The smallest absolute Gasteiger partial charge is 0.341 e. The van der Waals surface area contributed by atoms with Crippen molar-refractivity contribution in [1.29, 1.82) is 0 Å². The van der Waals surface area contributed by atoms with Crippen LogP contribution in [0.15, 0.2) is 12.4 Å². The van der Waals surface area contributed by atoms with E-state index >= 15 is 0 Å². The number of nitrogens with zero attached hydrogens (tertiary/aromatic N) is 1. The van der Waals surface area contributed by atoms with Crippen LogP contribution >= 0.6 is 0 Å². The first kappa shape index (κ1) is 8.77. The van der Waals surface area contributed by atoms with Crippen LogP contribution in [0, 0.1) is 0 Å². The predicted molar refractivity (Wildman–Crippen MR) is 43.8 cm³/mol. The Morgan fingerprint density at radius 2 is 2.25 bits per heavy atom. The number of rotatable bonds is 1. The van der Waals surface area contributed by atoms with E-state index in [4.69, 9.17) is 4.74 Å². The zero-order valence-corrected chi connectivity index (χ0v) is 7.42. The van der Waals surface area contributed by atoms with Gasteiger partial charge in [0.2, 0.25) is 0 Å². The van der Waals surface area contributed by atoms with Gasteiger partial charge in [-0.2, -0.15) is 5.10 Å². The zero-order valence-electron chi connectivity index (χ0n) is 7.42. The molecule has 0 aliphatic carbocycles. The minimum Gasteiger partial charge on any atom is -0.456 e. The number of carbonyl (C=O) groups excluding carboxylic acids is 1. The van der Waals surface area contributed by atoms with Crippen LogP contribution < -0.4 is 0 Å². The van der Waals surface area contributed by atoms with Crippen LogP contribution in [0.3, 0.4) is 0 Å². The van der Waals surface area contributed by atoms with Gasteiger partial charge >= 0.3 is 5.97 Å². The summed E-state index contributed by atoms with van der Waals surface area (Å²) in [6.07, 6.45) is 2.95. The van der Waals surface area contributed by atoms with Crippen LogP contribution in [0.2, 0.25) is 0 Å². The molecule has 1 N–H and O–H groups in total. The van der Waals surface area contributed by atoms with Crippen LogP contribution in [0.25, 0.3) is 0 Å². The molecule has 1 aromatic heterocycles. The van der Waals surface area contributed by atoms with E-state index < -0.39 is 5.60 Å². The van der Waals surface area contributed by atoms with Crippen LogP contribution in [0.4, 0.5) is 0 Å². The lowest BCUT2D eigenvalue weighted by atomic mass is 10.2. The van der Waals surface area contributed by atoms with Crippen molar-refractivity contribution in [3.8, 4) is 0 Å². The van der Waals surface area contributed by atoms with Gasteiger partial charge in [-0.15, -0.1) is 0 Å². The molecule has 0 saturated carbocycles. The van der Waals surface area contributed by atoms with Gasteiger partial charge in [0.15, 0.2) is 0 Å². The molecule has 0 fully saturated rings. The fraction of sp³-hybridized carbons (Fsp3) is 0.500. The lowest BCUT2D eigenvalue weighted by Gasteiger charge is -2.18. The Hall–Kier alpha value is -1.32. The average molecular weight is 168 g/mol. The second kappa shape index (κ2) is 2.97. The van der Waals surface area contributed by atoms with Crippen molar-refractivity contribution < 1.29 is 9.53 Å². The van der Waals surface area contributed by atoms with Gasteiger partial charge in [-0.3, -0.25) is 5.10 Å². The van der Waals surface area contributed by atoms with Crippen molar-refractivity contribution in [2.45, 2.75) is 26.4 Å². The summed E-state index contributed by atoms with van der Waals surface area (Å²) in [5.74, 6) is -0.351. The van der Waals surface area contributed by atoms with E-state index in [1.807, 2.05) is 20.8 Å². The van der Waals surface area contributed by atoms with Crippen molar-refractivity contribution >= 4 is 5.97 Å². The van der Waals surface area contributed by atoms with Gasteiger partial charge in [0.1, 0.15) is 5.60 Å². The Morgan fingerprint density at radius 3 is 2.67 bits per heavy atom. The summed E-state index contributed by atoms with van der Waals surface area (Å²) in [4.78, 5) is 11.2. The first-order valence-corrected chi connectivity index (χ1v) is 3.71. The maximum absolute atomic E-state index is 11.2. The molecule has 0 atom stereocenters. The van der Waals surface area contributed by atoms with Crippen LogP contribution in [-0.2, 0) is 4.74 Å². The van der Waals surface area contributed by atoms with Crippen LogP contribution in [-0.4, -0.2) is 21.8 Å². The lowest BCUT2D eigenvalue weighted by Crippen LogP contribution is -2.23. The molecule has 0 aliphatic rings. The number of carbonyl (C=O) groups is 1. The number of aromatic amines is 1. The maximum atomic E-state index is 11.2. The summed E-state index contributed by atoms with van der Waals surface area (Å²) >= 11 is 0. The number of aromatic nitrogens is 2. The van der Waals surface area contributed by atoms with Crippen molar-refractivity contribution in [2.24, 2.45) is 0 Å². The molecule has 0 spiro atoms. The highest BCUT2D eigenvalue weighted by Gasteiger charge is 2.17. The van der Waals surface area contributed by atoms with Gasteiger partial charge < -0.3 is 4.74 Å². The van der Waals surface area contributed by atoms with Crippen molar-refractivity contribution in [2.75, 3.05) is 0 Å². The van der Waals surface area contributed by atoms with E-state index in [-0.39, 0.29) is 5.97 Å². The summed E-state index contributed by atoms with van der Waals surface area (Å²) in [5.41, 5.74) is -0.00104. The van der Waals surface area contributed by atoms with Gasteiger partial charge in [0.25, 0.3) is 0 Å². The van der Waals surface area contributed by atoms with Gasteiger partial charge in [-0.25, -0.2) is 4.79 Å². The molecule has 0 bridgehead atoms. The number of H-pyrrole nitrogens is 1. The number of esters is 1. The second-order valence-electron chi connectivity index (χ2n) is 3.49. The lowest BCUT2D eigenvalue weighted by molar-refractivity contribution is 0.00696. The molecule has 4 nitrogen and oxygen atoms in total. The normalized spacial score (nSPS) is 11.2. The Labute approximate surface area is 70.9 Å². The molecule has 1 aromatic rings. The van der Waals surface area contributed by atoms with E-state index in [0.29, 0.717) is 5.56 Å². The number of ether oxygens (including phenoxy) is 1. The highest BCUT2D eigenvalue weighted by Crippen LogP contribution is 2.10. The van der Waals surface area contributed by atoms with E-state index in [2.05, 4.69) is 10.2 Å². The fourth-order valence-corrected chi connectivity index (χ4v) is 0.700. The van der Waals surface area contributed by atoms with E-state index in [1.54, 1.807) is 0 Å². The minimum absolute atomic E-state index is 0.351. The highest BCUT2D eigenvalue weighted by atomic mass is 16.6. The molecular formula is C8H12N2O2. The van der Waals surface area contributed by atoms with Gasteiger partial charge in [0, 0.05) is 6.20 Å². The zero-order chi connectivity index (χ0) is 9.19. The fourth-order valence-electron chi connectivity index (χ4n) is 0.700. The Bertz CT molecular complexity index is 259. The molecule has 66 valence electrons. The number of hydrogen-bond donors (Lipinski definition) is 1. The van der Waals surface area contributed by atoms with Crippen molar-refractivity contribution in [1.82, 2.24) is 10.2 Å². The first-order chi connectivity index (χ1) is 5.49. The predicted octanol–water partition coefficient (Wildman–Crippen LogP) is 1.36. The van der Waals surface area contributed by atoms with Crippen LogP contribution in [0.1, 0.15) is 31.1 Å². The van der Waals surface area contributed by atoms with Crippen molar-refractivity contribution in [3.05, 3.63) is 18.0 Å². The largest absolute Gasteiger partial charge is 0.456 e. The molecule has 4 heteroatoms. The van der Waals surface area contributed by atoms with Crippen LogP contribution in [0.5, 0.6) is 0 Å². The molecule has 0 aromatic carbocycles. The monoisotopic (exact) mass is 168 g/mol. The summed E-state index contributed by atoms with van der Waals surface area (Å²) in [6, 6.07) is 0. The molecule has 12 heavy (non-hydrogen) atoms. The molecule has 1 heterocycles. The highest BCUT2D eigenvalue weighted by molar-refractivity contribution is 5.88. The molecule has 0 radical (unpaired) electrons. The molecule has 1 rings (SSSR count). The van der Waals surface area contributed by atoms with E-state index in [9.17, 15) is 4.79 Å². The Balaban J connectivity index is 2.63. The minimum atomic E-state index is -0.450. The molecule has 0 unspecified atom stereocenters. The Kier molecular flexibility index (Phi) is 2.17. The quantitative estimate of drug-likeness (QED) is 0.644. The van der Waals surface area contributed by atoms with Gasteiger partial charge in [-0.05, 0) is 20.8 Å². The van der Waals surface area contributed by atoms with E-state index in [0.717, 1.165) is 0 Å². The standard InChI is InChI=1S/C8H12N2O2/c1-8(2,3)12-7(11)6-4-9-10-5-6/h4-5H,1-3H3,(H,9,10). The first-order valence-electron chi connectivity index (χ1n) is 3.71. The number of hydrogen-bond acceptors (Lipinski definition) is 3. The molecule has 0 aliphatic heterocycles. The topological polar surface area (TPSA) is 55.0 Å². The second-order valence-corrected chi connectivity index (χ2v) is 3.49. The summed E-state index contributed by atoms with van der Waals surface area (Å²) in [7, 11) is 0. The third-order valence-corrected chi connectivity index (χ3v) is 1.13.